The van der Waals surface area contributed by atoms with Crippen LogP contribution < -0.4 is 9.62 Å². The molecule has 38 heavy (non-hydrogen) atoms. The van der Waals surface area contributed by atoms with Gasteiger partial charge in [-0.05, 0) is 79.8 Å². The molecule has 0 saturated heterocycles. The number of dihydropyridines is 1. The van der Waals surface area contributed by atoms with Crippen LogP contribution in [0.25, 0.3) is 0 Å². The fraction of sp³-hybridized carbons (Fsp3) is 0.483. The molecule has 0 bridgehead atoms. The lowest BCUT2D eigenvalue weighted by Crippen LogP contribution is -2.44. The number of thioether (sulfide) groups is 1. The first-order valence-electron chi connectivity index (χ1n) is 13.4. The number of thiophene rings is 1. The minimum absolute atomic E-state index is 0.0889. The molecule has 2 aliphatic heterocycles. The van der Waals surface area contributed by atoms with Crippen LogP contribution in [0.1, 0.15) is 50.2 Å². The molecule has 0 fully saturated rings. The van der Waals surface area contributed by atoms with E-state index in [1.807, 2.05) is 29.3 Å². The number of aliphatic imine (C=N–C) groups is 1. The summed E-state index contributed by atoms with van der Waals surface area (Å²) in [6.07, 6.45) is 10.5. The summed E-state index contributed by atoms with van der Waals surface area (Å²) in [6, 6.07) is 9.61. The first-order valence-corrected chi connectivity index (χ1v) is 16.5. The predicted octanol–water partition coefficient (Wildman–Crippen LogP) is 5.86. The molecule has 3 atom stereocenters. The average Bonchev–Trinajstić information content (AvgIpc) is 3.59. The first-order chi connectivity index (χ1) is 18.2. The summed E-state index contributed by atoms with van der Waals surface area (Å²) in [7, 11) is 0.307. The highest BCUT2D eigenvalue weighted by molar-refractivity contribution is 8.04. The minimum Gasteiger partial charge on any atom is -0.376 e. The van der Waals surface area contributed by atoms with Crippen LogP contribution in [0.3, 0.4) is 0 Å². The highest BCUT2D eigenvalue weighted by atomic mass is 32.2. The molecular weight excluding hydrogens is 533 g/mol. The third kappa shape index (κ3) is 5.48. The monoisotopic (exact) mass is 570 g/mol. The summed E-state index contributed by atoms with van der Waals surface area (Å²) in [6.45, 7) is 7.47. The fourth-order valence-corrected chi connectivity index (χ4v) is 9.89. The SMILES string of the molecule is CC1c2cccc(N(C)S(=O)(=O)c3cccs3)c2CCC1C1(C)NC=C(CN(C)CCC2=NCCC=C2)S1. The largest absolute Gasteiger partial charge is 0.376 e. The summed E-state index contributed by atoms with van der Waals surface area (Å²) in [4.78, 5) is 8.28. The Bertz CT molecular complexity index is 1350. The lowest BCUT2D eigenvalue weighted by molar-refractivity contribution is 0.290. The van der Waals surface area contributed by atoms with Gasteiger partial charge in [-0.3, -0.25) is 9.30 Å². The van der Waals surface area contributed by atoms with Crippen LogP contribution in [0.5, 0.6) is 0 Å². The average molecular weight is 571 g/mol. The summed E-state index contributed by atoms with van der Waals surface area (Å²) in [5.74, 6) is 0.735. The molecule has 1 aromatic heterocycles. The van der Waals surface area contributed by atoms with Crippen LogP contribution in [-0.4, -0.2) is 57.6 Å². The van der Waals surface area contributed by atoms with E-state index < -0.39 is 10.0 Å². The third-order valence-corrected chi connectivity index (χ3v) is 12.6. The van der Waals surface area contributed by atoms with Gasteiger partial charge in [-0.2, -0.15) is 0 Å². The molecule has 1 N–H and O–H groups in total. The second-order valence-electron chi connectivity index (χ2n) is 10.7. The van der Waals surface area contributed by atoms with Crippen LogP contribution in [0.2, 0.25) is 0 Å². The van der Waals surface area contributed by atoms with E-state index in [0.717, 1.165) is 56.6 Å². The molecular formula is C29H38N4O2S3. The van der Waals surface area contributed by atoms with Crippen LogP contribution in [0, 0.1) is 5.92 Å². The summed E-state index contributed by atoms with van der Waals surface area (Å²) in [5.41, 5.74) is 4.44. The Morgan fingerprint density at radius 1 is 1.21 bits per heavy atom. The Balaban J connectivity index is 1.25. The number of allylic oxidation sites excluding steroid dienone is 1. The van der Waals surface area contributed by atoms with E-state index in [0.29, 0.717) is 16.0 Å². The van der Waals surface area contributed by atoms with E-state index >= 15 is 0 Å². The molecule has 3 unspecified atom stereocenters. The van der Waals surface area contributed by atoms with Crippen LogP contribution in [0.4, 0.5) is 5.69 Å². The van der Waals surface area contributed by atoms with Gasteiger partial charge in [0.1, 0.15) is 4.21 Å². The second-order valence-corrected chi connectivity index (χ2v) is 15.4. The Hall–Kier alpha value is -2.07. The number of benzene rings is 1. The van der Waals surface area contributed by atoms with Gasteiger partial charge in [-0.1, -0.05) is 43.0 Å². The molecule has 0 spiro atoms. The van der Waals surface area contributed by atoms with Crippen LogP contribution >= 0.6 is 23.1 Å². The summed E-state index contributed by atoms with van der Waals surface area (Å²) >= 11 is 3.22. The Kier molecular flexibility index (Phi) is 8.10. The molecule has 0 saturated carbocycles. The number of hydrogen-bond donors (Lipinski definition) is 1. The molecule has 0 amide bonds. The molecule has 1 aromatic carbocycles. The van der Waals surface area contributed by atoms with Gasteiger partial charge in [-0.25, -0.2) is 8.42 Å². The van der Waals surface area contributed by atoms with Crippen molar-refractivity contribution in [3.8, 4) is 0 Å². The van der Waals surface area contributed by atoms with Gasteiger partial charge in [0.05, 0.1) is 10.6 Å². The zero-order chi connectivity index (χ0) is 26.9. The van der Waals surface area contributed by atoms with Crippen molar-refractivity contribution in [3.63, 3.8) is 0 Å². The molecule has 0 radical (unpaired) electrons. The van der Waals surface area contributed by atoms with Crippen molar-refractivity contribution in [2.24, 2.45) is 10.9 Å². The fourth-order valence-electron chi connectivity index (χ4n) is 5.96. The predicted molar refractivity (Wildman–Crippen MR) is 162 cm³/mol. The van der Waals surface area contributed by atoms with Gasteiger partial charge in [0, 0.05) is 49.9 Å². The summed E-state index contributed by atoms with van der Waals surface area (Å²) in [5, 5.41) is 5.55. The Morgan fingerprint density at radius 3 is 2.79 bits per heavy atom. The van der Waals surface area contributed by atoms with Crippen molar-refractivity contribution >= 4 is 44.5 Å². The van der Waals surface area contributed by atoms with Crippen molar-refractivity contribution in [2.45, 2.75) is 54.5 Å². The smallest absolute Gasteiger partial charge is 0.273 e. The molecule has 1 aliphatic carbocycles. The standard InChI is InChI=1S/C29H38N4O2S3/c1-21-24-10-7-11-27(33(4)38(34,35)28-12-8-18-36-28)25(24)13-14-26(21)29(2)31-19-23(37-29)20-32(3)17-15-22-9-5-6-16-30-22/h5,7-12,18-19,21,26,31H,6,13-17,20H2,1-4H3. The van der Waals surface area contributed by atoms with Gasteiger partial charge in [0.25, 0.3) is 10.0 Å². The van der Waals surface area contributed by atoms with Gasteiger partial charge < -0.3 is 10.2 Å². The molecule has 3 aliphatic rings. The number of rotatable bonds is 9. The van der Waals surface area contributed by atoms with Crippen molar-refractivity contribution < 1.29 is 8.42 Å². The highest BCUT2D eigenvalue weighted by Gasteiger charge is 2.44. The molecule has 5 rings (SSSR count). The number of likely N-dealkylation sites (N-methyl/N-ethyl adjacent to an activating group) is 1. The number of sulfonamides is 1. The Labute approximate surface area is 236 Å². The quantitative estimate of drug-likeness (QED) is 0.409. The van der Waals surface area contributed by atoms with Crippen LogP contribution in [-0.2, 0) is 16.4 Å². The van der Waals surface area contributed by atoms with Crippen LogP contribution in [0.15, 0.2) is 68.2 Å². The number of fused-ring (bicyclic) bond motifs is 1. The molecule has 2 aromatic rings. The highest BCUT2D eigenvalue weighted by Crippen LogP contribution is 2.51. The van der Waals surface area contributed by atoms with Crippen molar-refractivity contribution in [1.29, 1.82) is 0 Å². The van der Waals surface area contributed by atoms with E-state index in [2.05, 4.69) is 60.5 Å². The number of anilines is 1. The number of nitrogens with zero attached hydrogens (tertiary/aromatic N) is 3. The van der Waals surface area contributed by atoms with Crippen molar-refractivity contribution in [1.82, 2.24) is 10.2 Å². The normalized spacial score (nSPS) is 25.1. The zero-order valence-corrected chi connectivity index (χ0v) is 25.1. The third-order valence-electron chi connectivity index (χ3n) is 8.10. The number of nitrogens with one attached hydrogen (secondary N) is 1. The van der Waals surface area contributed by atoms with Crippen molar-refractivity contribution in [2.75, 3.05) is 38.0 Å². The van der Waals surface area contributed by atoms with Gasteiger partial charge in [0.2, 0.25) is 0 Å². The Morgan fingerprint density at radius 2 is 2.05 bits per heavy atom. The zero-order valence-electron chi connectivity index (χ0n) is 22.7. The van der Waals surface area contributed by atoms with E-state index in [4.69, 9.17) is 0 Å². The van der Waals surface area contributed by atoms with Gasteiger partial charge in [0.15, 0.2) is 0 Å². The maximum absolute atomic E-state index is 13.2. The van der Waals surface area contributed by atoms with Gasteiger partial charge in [-0.15, -0.1) is 11.3 Å². The minimum atomic E-state index is -3.56. The van der Waals surface area contributed by atoms with E-state index in [1.54, 1.807) is 19.2 Å². The van der Waals surface area contributed by atoms with Gasteiger partial charge >= 0.3 is 0 Å². The lowest BCUT2D eigenvalue weighted by atomic mass is 9.72. The van der Waals surface area contributed by atoms with E-state index in [-0.39, 0.29) is 4.87 Å². The molecule has 6 nitrogen and oxygen atoms in total. The van der Waals surface area contributed by atoms with Crippen molar-refractivity contribution in [3.05, 3.63) is 70.1 Å². The maximum Gasteiger partial charge on any atom is 0.273 e. The topological polar surface area (TPSA) is 65.0 Å². The number of hydrogen-bond acceptors (Lipinski definition) is 7. The van der Waals surface area contributed by atoms with E-state index in [1.165, 1.54) is 31.8 Å². The second kappa shape index (κ2) is 11.2. The summed E-state index contributed by atoms with van der Waals surface area (Å²) < 4.78 is 28.3. The maximum atomic E-state index is 13.2. The molecule has 9 heteroatoms. The molecule has 3 heterocycles. The van der Waals surface area contributed by atoms with E-state index in [9.17, 15) is 8.42 Å². The lowest BCUT2D eigenvalue weighted by Gasteiger charge is -2.42. The molecule has 204 valence electrons. The first kappa shape index (κ1) is 27.5.